The van der Waals surface area contributed by atoms with Gasteiger partial charge < -0.3 is 15.3 Å². The monoisotopic (exact) mass is 347 g/mol. The molecule has 2 heterocycles. The van der Waals surface area contributed by atoms with Gasteiger partial charge in [-0.2, -0.15) is 0 Å². The van der Waals surface area contributed by atoms with Crippen LogP contribution in [0.25, 0.3) is 10.2 Å². The topological polar surface area (TPSA) is 65.5 Å². The molecule has 1 aromatic heterocycles. The van der Waals surface area contributed by atoms with E-state index < -0.39 is 0 Å². The number of aromatic nitrogens is 1. The van der Waals surface area contributed by atoms with Crippen LogP contribution in [0.2, 0.25) is 0 Å². The van der Waals surface area contributed by atoms with Gasteiger partial charge in [0.1, 0.15) is 0 Å². The van der Waals surface area contributed by atoms with Crippen molar-refractivity contribution >= 4 is 32.6 Å². The van der Waals surface area contributed by atoms with Gasteiger partial charge in [-0.1, -0.05) is 30.4 Å². The molecule has 1 unspecified atom stereocenters. The molecule has 1 amide bonds. The number of benzene rings is 1. The van der Waals surface area contributed by atoms with Gasteiger partial charge in [-0.15, -0.1) is 0 Å². The Hall–Kier alpha value is -1.66. The van der Waals surface area contributed by atoms with Crippen molar-refractivity contribution in [1.82, 2.24) is 10.3 Å². The van der Waals surface area contributed by atoms with Crippen LogP contribution in [-0.2, 0) is 4.79 Å². The number of hydrogen-bond acceptors (Lipinski definition) is 5. The molecule has 1 atom stereocenters. The number of thiazole rings is 1. The third-order valence-electron chi connectivity index (χ3n) is 4.67. The minimum Gasteiger partial charge on any atom is -0.396 e. The zero-order chi connectivity index (χ0) is 16.9. The summed E-state index contributed by atoms with van der Waals surface area (Å²) >= 11 is 1.72. The number of anilines is 1. The van der Waals surface area contributed by atoms with Crippen molar-refractivity contribution in [1.29, 1.82) is 0 Å². The van der Waals surface area contributed by atoms with Crippen molar-refractivity contribution in [3.05, 3.63) is 24.3 Å². The SMILES string of the molecule is CC(CCO)CNC(=O)C1CCN(c2nc3ccccc3s2)CC1. The fourth-order valence-electron chi connectivity index (χ4n) is 3.07. The molecular formula is C18H25N3O2S. The predicted octanol–water partition coefficient (Wildman–Crippen LogP) is 2.65. The summed E-state index contributed by atoms with van der Waals surface area (Å²) < 4.78 is 1.21. The van der Waals surface area contributed by atoms with E-state index in [-0.39, 0.29) is 18.4 Å². The van der Waals surface area contributed by atoms with E-state index in [4.69, 9.17) is 10.1 Å². The second kappa shape index (κ2) is 7.94. The second-order valence-corrected chi connectivity index (χ2v) is 7.60. The summed E-state index contributed by atoms with van der Waals surface area (Å²) in [5.41, 5.74) is 1.05. The molecule has 130 valence electrons. The van der Waals surface area contributed by atoms with Gasteiger partial charge in [0.05, 0.1) is 10.2 Å². The minimum atomic E-state index is 0.0944. The van der Waals surface area contributed by atoms with Crippen LogP contribution >= 0.6 is 11.3 Å². The number of fused-ring (bicyclic) bond motifs is 1. The van der Waals surface area contributed by atoms with E-state index in [2.05, 4.69) is 16.3 Å². The smallest absolute Gasteiger partial charge is 0.223 e. The standard InChI is InChI=1S/C18H25N3O2S/c1-13(8-11-22)12-19-17(23)14-6-9-21(10-7-14)18-20-15-4-2-3-5-16(15)24-18/h2-5,13-14,22H,6-12H2,1H3,(H,19,23). The highest BCUT2D eigenvalue weighted by Gasteiger charge is 2.26. The summed E-state index contributed by atoms with van der Waals surface area (Å²) in [4.78, 5) is 19.3. The highest BCUT2D eigenvalue weighted by Crippen LogP contribution is 2.31. The molecule has 1 aliphatic heterocycles. The summed E-state index contributed by atoms with van der Waals surface area (Å²) in [7, 11) is 0. The maximum absolute atomic E-state index is 12.3. The first-order chi connectivity index (χ1) is 11.7. The molecule has 0 bridgehead atoms. The minimum absolute atomic E-state index is 0.0944. The lowest BCUT2D eigenvalue weighted by Gasteiger charge is -2.31. The van der Waals surface area contributed by atoms with Crippen LogP contribution < -0.4 is 10.2 Å². The number of nitrogens with zero attached hydrogens (tertiary/aromatic N) is 2. The van der Waals surface area contributed by atoms with E-state index in [0.29, 0.717) is 12.5 Å². The number of piperidine rings is 1. The lowest BCUT2D eigenvalue weighted by atomic mass is 9.96. The number of rotatable bonds is 6. The van der Waals surface area contributed by atoms with E-state index >= 15 is 0 Å². The van der Waals surface area contributed by atoms with Crippen molar-refractivity contribution in [3.63, 3.8) is 0 Å². The zero-order valence-corrected chi connectivity index (χ0v) is 14.9. The third kappa shape index (κ3) is 4.05. The number of carbonyl (C=O) groups excluding carboxylic acids is 1. The van der Waals surface area contributed by atoms with E-state index in [9.17, 15) is 4.79 Å². The summed E-state index contributed by atoms with van der Waals surface area (Å²) in [5, 5.41) is 13.0. The molecule has 0 saturated carbocycles. The largest absolute Gasteiger partial charge is 0.396 e. The van der Waals surface area contributed by atoms with Crippen LogP contribution in [0.4, 0.5) is 5.13 Å². The molecule has 0 aliphatic carbocycles. The number of para-hydroxylation sites is 1. The number of carbonyl (C=O) groups is 1. The summed E-state index contributed by atoms with van der Waals surface area (Å²) in [6.07, 6.45) is 2.47. The van der Waals surface area contributed by atoms with E-state index in [1.165, 1.54) is 4.70 Å². The van der Waals surface area contributed by atoms with Gasteiger partial charge in [-0.05, 0) is 37.3 Å². The molecule has 5 nitrogen and oxygen atoms in total. The Morgan fingerprint density at radius 3 is 2.88 bits per heavy atom. The van der Waals surface area contributed by atoms with Gasteiger partial charge in [-0.3, -0.25) is 4.79 Å². The molecule has 0 radical (unpaired) electrons. The Bertz CT molecular complexity index is 647. The Morgan fingerprint density at radius 2 is 2.17 bits per heavy atom. The fourth-order valence-corrected chi connectivity index (χ4v) is 4.09. The molecule has 2 aromatic rings. The molecule has 1 fully saturated rings. The molecule has 1 saturated heterocycles. The van der Waals surface area contributed by atoms with Crippen LogP contribution in [0.5, 0.6) is 0 Å². The lowest BCUT2D eigenvalue weighted by Crippen LogP contribution is -2.41. The Kier molecular flexibility index (Phi) is 5.68. The Balaban J connectivity index is 1.51. The first-order valence-electron chi connectivity index (χ1n) is 8.66. The van der Waals surface area contributed by atoms with E-state index in [1.54, 1.807) is 11.3 Å². The van der Waals surface area contributed by atoms with Crippen molar-refractivity contribution in [3.8, 4) is 0 Å². The molecule has 1 aromatic carbocycles. The summed E-state index contributed by atoms with van der Waals surface area (Å²) in [6, 6.07) is 8.20. The van der Waals surface area contributed by atoms with Crippen LogP contribution in [0.3, 0.4) is 0 Å². The van der Waals surface area contributed by atoms with Crippen molar-refractivity contribution in [2.75, 3.05) is 31.1 Å². The predicted molar refractivity (Wildman–Crippen MR) is 98.4 cm³/mol. The number of hydrogen-bond donors (Lipinski definition) is 2. The number of amides is 1. The normalized spacial score (nSPS) is 17.2. The third-order valence-corrected chi connectivity index (χ3v) is 5.76. The summed E-state index contributed by atoms with van der Waals surface area (Å²) in [6.45, 7) is 4.63. The van der Waals surface area contributed by atoms with Crippen LogP contribution in [0, 0.1) is 11.8 Å². The zero-order valence-electron chi connectivity index (χ0n) is 14.1. The van der Waals surface area contributed by atoms with Gasteiger partial charge >= 0.3 is 0 Å². The maximum Gasteiger partial charge on any atom is 0.223 e. The average Bonchev–Trinajstić information content (AvgIpc) is 3.04. The molecule has 2 N–H and O–H groups in total. The fraction of sp³-hybridized carbons (Fsp3) is 0.556. The van der Waals surface area contributed by atoms with Crippen molar-refractivity contribution in [2.24, 2.45) is 11.8 Å². The van der Waals surface area contributed by atoms with Gasteiger partial charge in [0.2, 0.25) is 5.91 Å². The number of aliphatic hydroxyl groups is 1. The van der Waals surface area contributed by atoms with Gasteiger partial charge in [0.15, 0.2) is 5.13 Å². The highest BCUT2D eigenvalue weighted by molar-refractivity contribution is 7.22. The maximum atomic E-state index is 12.3. The lowest BCUT2D eigenvalue weighted by molar-refractivity contribution is -0.125. The van der Waals surface area contributed by atoms with E-state index in [1.807, 2.05) is 25.1 Å². The quantitative estimate of drug-likeness (QED) is 0.843. The van der Waals surface area contributed by atoms with E-state index in [0.717, 1.165) is 43.0 Å². The number of aliphatic hydroxyl groups excluding tert-OH is 1. The van der Waals surface area contributed by atoms with Gasteiger partial charge in [0.25, 0.3) is 0 Å². The van der Waals surface area contributed by atoms with Crippen molar-refractivity contribution < 1.29 is 9.90 Å². The first kappa shape index (κ1) is 17.2. The Morgan fingerprint density at radius 1 is 1.42 bits per heavy atom. The Labute approximate surface area is 146 Å². The summed E-state index contributed by atoms with van der Waals surface area (Å²) in [5.74, 6) is 0.572. The molecular weight excluding hydrogens is 322 g/mol. The molecule has 1 aliphatic rings. The average molecular weight is 347 g/mol. The number of nitrogens with one attached hydrogen (secondary N) is 1. The van der Waals surface area contributed by atoms with Crippen LogP contribution in [-0.4, -0.2) is 42.2 Å². The first-order valence-corrected chi connectivity index (χ1v) is 9.48. The highest BCUT2D eigenvalue weighted by atomic mass is 32.1. The molecule has 0 spiro atoms. The van der Waals surface area contributed by atoms with Crippen molar-refractivity contribution in [2.45, 2.75) is 26.2 Å². The molecule has 24 heavy (non-hydrogen) atoms. The molecule has 6 heteroatoms. The van der Waals surface area contributed by atoms with Gasteiger partial charge in [-0.25, -0.2) is 4.98 Å². The van der Waals surface area contributed by atoms with Crippen LogP contribution in [0.15, 0.2) is 24.3 Å². The molecule has 3 rings (SSSR count). The van der Waals surface area contributed by atoms with Crippen LogP contribution in [0.1, 0.15) is 26.2 Å². The second-order valence-electron chi connectivity index (χ2n) is 6.59. The van der Waals surface area contributed by atoms with Gasteiger partial charge in [0, 0.05) is 32.2 Å².